The third-order valence-electron chi connectivity index (χ3n) is 1.97. The number of sulfonamides is 1. The molecule has 0 atom stereocenters. The molecule has 1 heterocycles. The number of halogens is 1. The first-order valence-corrected chi connectivity index (χ1v) is 7.22. The zero-order valence-corrected chi connectivity index (χ0v) is 11.3. The summed E-state index contributed by atoms with van der Waals surface area (Å²) in [6.45, 7) is 1.08. The number of hydrogen-bond donors (Lipinski definition) is 1. The summed E-state index contributed by atoms with van der Waals surface area (Å²) < 4.78 is 30.4. The fourth-order valence-electron chi connectivity index (χ4n) is 1.16. The van der Waals surface area contributed by atoms with E-state index in [2.05, 4.69) is 25.9 Å². The highest BCUT2D eigenvalue weighted by molar-refractivity contribution is 9.09. The standard InChI is InChI=1S/C8H14BrN3O3S/c1-15-5-4-12(3-2-9)16(13,14)8-6-10-7-11-8/h6-7H,2-5H2,1H3,(H,10,11). The number of imidazole rings is 1. The topological polar surface area (TPSA) is 75.3 Å². The van der Waals surface area contributed by atoms with Crippen LogP contribution in [0.25, 0.3) is 0 Å². The van der Waals surface area contributed by atoms with Crippen LogP contribution < -0.4 is 0 Å². The minimum Gasteiger partial charge on any atom is -0.383 e. The molecule has 0 amide bonds. The zero-order valence-electron chi connectivity index (χ0n) is 8.89. The molecule has 6 nitrogen and oxygen atoms in total. The third-order valence-corrected chi connectivity index (χ3v) is 4.15. The van der Waals surface area contributed by atoms with E-state index in [9.17, 15) is 8.42 Å². The normalized spacial score (nSPS) is 12.2. The lowest BCUT2D eigenvalue weighted by Gasteiger charge is -2.19. The molecule has 0 aliphatic heterocycles. The first-order valence-electron chi connectivity index (χ1n) is 4.66. The van der Waals surface area contributed by atoms with Gasteiger partial charge in [0.15, 0.2) is 5.03 Å². The Hall–Kier alpha value is -0.440. The zero-order chi connectivity index (χ0) is 12.0. The molecule has 0 fully saturated rings. The summed E-state index contributed by atoms with van der Waals surface area (Å²) >= 11 is 3.22. The van der Waals surface area contributed by atoms with E-state index in [4.69, 9.17) is 4.74 Å². The van der Waals surface area contributed by atoms with Gasteiger partial charge in [0.25, 0.3) is 10.0 Å². The fourth-order valence-corrected chi connectivity index (χ4v) is 3.15. The van der Waals surface area contributed by atoms with Crippen LogP contribution in [0.15, 0.2) is 17.6 Å². The Morgan fingerprint density at radius 2 is 2.31 bits per heavy atom. The van der Waals surface area contributed by atoms with Crippen LogP contribution in [0.5, 0.6) is 0 Å². The van der Waals surface area contributed by atoms with Gasteiger partial charge in [-0.05, 0) is 0 Å². The van der Waals surface area contributed by atoms with Crippen molar-refractivity contribution in [2.24, 2.45) is 0 Å². The van der Waals surface area contributed by atoms with Gasteiger partial charge < -0.3 is 9.72 Å². The Morgan fingerprint density at radius 1 is 1.56 bits per heavy atom. The van der Waals surface area contributed by atoms with Crippen molar-refractivity contribution in [1.82, 2.24) is 14.3 Å². The van der Waals surface area contributed by atoms with Gasteiger partial charge in [-0.2, -0.15) is 4.31 Å². The van der Waals surface area contributed by atoms with Crippen molar-refractivity contribution in [2.45, 2.75) is 5.03 Å². The summed E-state index contributed by atoms with van der Waals surface area (Å²) in [6.07, 6.45) is 2.64. The number of aromatic nitrogens is 2. The van der Waals surface area contributed by atoms with Gasteiger partial charge in [0, 0.05) is 25.5 Å². The molecule has 1 N–H and O–H groups in total. The maximum Gasteiger partial charge on any atom is 0.260 e. The number of alkyl halides is 1. The van der Waals surface area contributed by atoms with E-state index in [0.29, 0.717) is 25.0 Å². The lowest BCUT2D eigenvalue weighted by molar-refractivity contribution is 0.180. The predicted octanol–water partition coefficient (Wildman–Crippen LogP) is 0.442. The van der Waals surface area contributed by atoms with Gasteiger partial charge in [0.05, 0.1) is 19.1 Å². The van der Waals surface area contributed by atoms with E-state index in [1.54, 1.807) is 0 Å². The Kier molecular flexibility index (Phi) is 5.39. The van der Waals surface area contributed by atoms with Crippen LogP contribution in [0.2, 0.25) is 0 Å². The number of nitrogens with zero attached hydrogens (tertiary/aromatic N) is 2. The van der Waals surface area contributed by atoms with Gasteiger partial charge in [-0.25, -0.2) is 13.4 Å². The molecule has 0 aliphatic carbocycles. The number of nitrogens with one attached hydrogen (secondary N) is 1. The first kappa shape index (κ1) is 13.6. The molecule has 8 heteroatoms. The van der Waals surface area contributed by atoms with Crippen molar-refractivity contribution in [2.75, 3.05) is 32.1 Å². The van der Waals surface area contributed by atoms with E-state index in [1.165, 1.54) is 23.9 Å². The number of methoxy groups -OCH3 is 1. The molecular weight excluding hydrogens is 298 g/mol. The largest absolute Gasteiger partial charge is 0.383 e. The van der Waals surface area contributed by atoms with E-state index in [1.807, 2.05) is 0 Å². The quantitative estimate of drug-likeness (QED) is 0.742. The molecule has 0 unspecified atom stereocenters. The molecule has 16 heavy (non-hydrogen) atoms. The Labute approximate surface area is 103 Å². The number of aromatic amines is 1. The second-order valence-electron chi connectivity index (χ2n) is 3.00. The van der Waals surface area contributed by atoms with Crippen LogP contribution in [0, 0.1) is 0 Å². The Morgan fingerprint density at radius 3 is 2.81 bits per heavy atom. The highest BCUT2D eigenvalue weighted by atomic mass is 79.9. The van der Waals surface area contributed by atoms with Gasteiger partial charge in [-0.1, -0.05) is 15.9 Å². The van der Waals surface area contributed by atoms with Crippen LogP contribution in [-0.2, 0) is 14.8 Å². The monoisotopic (exact) mass is 311 g/mol. The Bertz CT molecular complexity index is 393. The number of rotatable bonds is 7. The summed E-state index contributed by atoms with van der Waals surface area (Å²) in [5.74, 6) is 0. The predicted molar refractivity (Wildman–Crippen MR) is 63.0 cm³/mol. The van der Waals surface area contributed by atoms with Crippen molar-refractivity contribution in [3.05, 3.63) is 12.5 Å². The summed E-state index contributed by atoms with van der Waals surface area (Å²) in [6, 6.07) is 0. The molecule has 0 saturated carbocycles. The van der Waals surface area contributed by atoms with Gasteiger partial charge in [-0.15, -0.1) is 0 Å². The van der Waals surface area contributed by atoms with Gasteiger partial charge in [0.1, 0.15) is 0 Å². The Balaban J connectivity index is 2.84. The molecular formula is C8H14BrN3O3S. The van der Waals surface area contributed by atoms with E-state index in [-0.39, 0.29) is 5.03 Å². The summed E-state index contributed by atoms with van der Waals surface area (Å²) in [7, 11) is -1.95. The van der Waals surface area contributed by atoms with Crippen LogP contribution in [0.3, 0.4) is 0 Å². The van der Waals surface area contributed by atoms with Crippen molar-refractivity contribution < 1.29 is 13.2 Å². The molecule has 0 radical (unpaired) electrons. The number of H-pyrrole nitrogens is 1. The minimum absolute atomic E-state index is 0.101. The van der Waals surface area contributed by atoms with Crippen LogP contribution in [-0.4, -0.2) is 54.8 Å². The van der Waals surface area contributed by atoms with Gasteiger partial charge in [0.2, 0.25) is 0 Å². The molecule has 0 aliphatic rings. The first-order chi connectivity index (χ1) is 7.62. The average Bonchev–Trinajstić information content (AvgIpc) is 2.77. The maximum absolute atomic E-state index is 12.1. The van der Waals surface area contributed by atoms with E-state index in [0.717, 1.165) is 0 Å². The van der Waals surface area contributed by atoms with Gasteiger partial charge >= 0.3 is 0 Å². The average molecular weight is 312 g/mol. The third kappa shape index (κ3) is 3.27. The molecule has 92 valence electrons. The number of ether oxygens (including phenoxy) is 1. The molecule has 1 aromatic heterocycles. The molecule has 0 saturated heterocycles. The van der Waals surface area contributed by atoms with E-state index >= 15 is 0 Å². The van der Waals surface area contributed by atoms with Crippen molar-refractivity contribution >= 4 is 26.0 Å². The molecule has 0 bridgehead atoms. The summed E-state index contributed by atoms with van der Waals surface area (Å²) in [4.78, 5) is 6.30. The highest BCUT2D eigenvalue weighted by Crippen LogP contribution is 2.11. The summed E-state index contributed by atoms with van der Waals surface area (Å²) in [5.41, 5.74) is 0. The van der Waals surface area contributed by atoms with E-state index < -0.39 is 10.0 Å². The van der Waals surface area contributed by atoms with Crippen LogP contribution >= 0.6 is 15.9 Å². The van der Waals surface area contributed by atoms with Gasteiger partial charge in [-0.3, -0.25) is 0 Å². The molecule has 1 aromatic rings. The summed E-state index contributed by atoms with van der Waals surface area (Å²) in [5, 5.41) is 0.675. The van der Waals surface area contributed by atoms with Crippen LogP contribution in [0.1, 0.15) is 0 Å². The lowest BCUT2D eigenvalue weighted by Crippen LogP contribution is -2.35. The number of hydrogen-bond acceptors (Lipinski definition) is 4. The molecule has 0 spiro atoms. The van der Waals surface area contributed by atoms with Crippen molar-refractivity contribution in [3.63, 3.8) is 0 Å². The van der Waals surface area contributed by atoms with Crippen molar-refractivity contribution in [1.29, 1.82) is 0 Å². The second kappa shape index (κ2) is 6.33. The fraction of sp³-hybridized carbons (Fsp3) is 0.625. The smallest absolute Gasteiger partial charge is 0.260 e. The highest BCUT2D eigenvalue weighted by Gasteiger charge is 2.24. The maximum atomic E-state index is 12.1. The SMILES string of the molecule is COCCN(CCBr)S(=O)(=O)c1cnc[nH]1. The molecule has 1 rings (SSSR count). The van der Waals surface area contributed by atoms with Crippen LogP contribution in [0.4, 0.5) is 0 Å². The second-order valence-corrected chi connectivity index (χ2v) is 5.70. The minimum atomic E-state index is -3.49. The molecule has 0 aromatic carbocycles. The van der Waals surface area contributed by atoms with Crippen molar-refractivity contribution in [3.8, 4) is 0 Å². The lowest BCUT2D eigenvalue weighted by atomic mass is 10.6.